The highest BCUT2D eigenvalue weighted by Gasteiger charge is 2.49. The Balaban J connectivity index is 2.95. The van der Waals surface area contributed by atoms with Gasteiger partial charge in [0, 0.05) is 13.6 Å². The van der Waals surface area contributed by atoms with Gasteiger partial charge in [-0.2, -0.15) is 0 Å². The molecule has 0 aromatic rings. The van der Waals surface area contributed by atoms with Crippen LogP contribution in [0.3, 0.4) is 0 Å². The van der Waals surface area contributed by atoms with E-state index in [0.29, 0.717) is 6.42 Å². The molecule has 1 fully saturated rings. The van der Waals surface area contributed by atoms with E-state index in [4.69, 9.17) is 0 Å². The average Bonchev–Trinajstić information content (AvgIpc) is 1.98. The van der Waals surface area contributed by atoms with Gasteiger partial charge in [-0.05, 0) is 18.3 Å². The molecule has 0 radical (unpaired) electrons. The molecule has 0 aromatic carbocycles. The lowest BCUT2D eigenvalue weighted by Crippen LogP contribution is -2.58. The fourth-order valence-electron chi connectivity index (χ4n) is 1.79. The second-order valence-corrected chi connectivity index (χ2v) is 4.94. The number of nitrogens with zero attached hydrogens (tertiary/aromatic N) is 1. The number of hydrogen-bond donors (Lipinski definition) is 1. The van der Waals surface area contributed by atoms with Crippen molar-refractivity contribution in [1.82, 2.24) is 4.90 Å². The maximum Gasteiger partial charge on any atom is 0.254 e. The number of carbonyl (C=O) groups is 1. The summed E-state index contributed by atoms with van der Waals surface area (Å²) in [4.78, 5) is 13.4. The predicted molar refractivity (Wildman–Crippen MR) is 51.3 cm³/mol. The van der Waals surface area contributed by atoms with Crippen LogP contribution in [0.2, 0.25) is 0 Å². The summed E-state index contributed by atoms with van der Waals surface area (Å²) in [6.07, 6.45) is 1.47. The molecule has 1 heterocycles. The van der Waals surface area contributed by atoms with Crippen LogP contribution in [0.5, 0.6) is 0 Å². The van der Waals surface area contributed by atoms with Crippen LogP contribution < -0.4 is 0 Å². The van der Waals surface area contributed by atoms with E-state index in [0.717, 1.165) is 13.0 Å². The minimum absolute atomic E-state index is 0.133. The van der Waals surface area contributed by atoms with Crippen LogP contribution in [0.1, 0.15) is 33.6 Å². The van der Waals surface area contributed by atoms with Gasteiger partial charge in [-0.25, -0.2) is 0 Å². The molecule has 13 heavy (non-hydrogen) atoms. The van der Waals surface area contributed by atoms with E-state index in [1.807, 2.05) is 20.8 Å². The van der Waals surface area contributed by atoms with Crippen LogP contribution in [0.25, 0.3) is 0 Å². The van der Waals surface area contributed by atoms with Crippen LogP contribution in [0.15, 0.2) is 0 Å². The van der Waals surface area contributed by atoms with Crippen molar-refractivity contribution >= 4 is 5.91 Å². The lowest BCUT2D eigenvalue weighted by Gasteiger charge is -2.44. The Hall–Kier alpha value is -0.570. The molecule has 0 aromatic heterocycles. The number of likely N-dealkylation sites (N-methyl/N-ethyl adjacent to an activating group) is 1. The van der Waals surface area contributed by atoms with Gasteiger partial charge in [-0.3, -0.25) is 4.79 Å². The number of rotatable bonds is 0. The molecule has 0 bridgehead atoms. The lowest BCUT2D eigenvalue weighted by molar-refractivity contribution is -0.169. The SMILES string of the molecule is CN1CCCC(O)(C(C)(C)C)C1=O. The van der Waals surface area contributed by atoms with Crippen molar-refractivity contribution in [3.63, 3.8) is 0 Å². The van der Waals surface area contributed by atoms with Crippen molar-refractivity contribution in [2.75, 3.05) is 13.6 Å². The third-order valence-corrected chi connectivity index (χ3v) is 2.97. The van der Waals surface area contributed by atoms with Crippen molar-refractivity contribution < 1.29 is 9.90 Å². The Bertz CT molecular complexity index is 219. The van der Waals surface area contributed by atoms with Gasteiger partial charge in [0.2, 0.25) is 0 Å². The number of piperidine rings is 1. The van der Waals surface area contributed by atoms with E-state index < -0.39 is 5.60 Å². The van der Waals surface area contributed by atoms with Crippen LogP contribution in [0, 0.1) is 5.41 Å². The smallest absolute Gasteiger partial charge is 0.254 e. The Morgan fingerprint density at radius 2 is 2.00 bits per heavy atom. The van der Waals surface area contributed by atoms with E-state index in [1.165, 1.54) is 0 Å². The van der Waals surface area contributed by atoms with Gasteiger partial charge in [-0.15, -0.1) is 0 Å². The van der Waals surface area contributed by atoms with E-state index in [9.17, 15) is 9.90 Å². The molecule has 1 unspecified atom stereocenters. The summed E-state index contributed by atoms with van der Waals surface area (Å²) in [5.74, 6) is -0.133. The van der Waals surface area contributed by atoms with Crippen LogP contribution >= 0.6 is 0 Å². The molecular formula is C10H19NO2. The minimum Gasteiger partial charge on any atom is -0.379 e. The van der Waals surface area contributed by atoms with Crippen molar-refractivity contribution in [2.45, 2.75) is 39.2 Å². The van der Waals surface area contributed by atoms with Gasteiger partial charge in [-0.1, -0.05) is 20.8 Å². The molecule has 76 valence electrons. The molecule has 0 spiro atoms. The first kappa shape index (κ1) is 10.5. The molecule has 1 amide bonds. The molecule has 0 aliphatic carbocycles. The van der Waals surface area contributed by atoms with Crippen molar-refractivity contribution in [1.29, 1.82) is 0 Å². The van der Waals surface area contributed by atoms with Crippen LogP contribution in [-0.2, 0) is 4.79 Å². The molecule has 1 rings (SSSR count). The summed E-state index contributed by atoms with van der Waals surface area (Å²) in [6.45, 7) is 6.48. The summed E-state index contributed by atoms with van der Waals surface area (Å²) < 4.78 is 0. The molecular weight excluding hydrogens is 166 g/mol. The fraction of sp³-hybridized carbons (Fsp3) is 0.900. The monoisotopic (exact) mass is 185 g/mol. The van der Waals surface area contributed by atoms with E-state index in [-0.39, 0.29) is 11.3 Å². The average molecular weight is 185 g/mol. The first-order chi connectivity index (χ1) is 5.79. The molecule has 1 N–H and O–H groups in total. The van der Waals surface area contributed by atoms with Gasteiger partial charge < -0.3 is 10.0 Å². The van der Waals surface area contributed by atoms with Crippen LogP contribution in [-0.4, -0.2) is 35.1 Å². The minimum atomic E-state index is -1.17. The second kappa shape index (κ2) is 2.98. The molecule has 3 nitrogen and oxygen atoms in total. The van der Waals surface area contributed by atoms with E-state index >= 15 is 0 Å². The molecule has 1 atom stereocenters. The summed E-state index contributed by atoms with van der Waals surface area (Å²) in [6, 6.07) is 0. The lowest BCUT2D eigenvalue weighted by atomic mass is 9.71. The number of hydrogen-bond acceptors (Lipinski definition) is 2. The Labute approximate surface area is 79.7 Å². The number of aliphatic hydroxyl groups is 1. The number of amides is 1. The van der Waals surface area contributed by atoms with E-state index in [2.05, 4.69) is 0 Å². The standard InChI is InChI=1S/C10H19NO2/c1-9(2,3)10(13)6-5-7-11(4)8(10)12/h13H,5-7H2,1-4H3. The van der Waals surface area contributed by atoms with Crippen molar-refractivity contribution in [3.05, 3.63) is 0 Å². The Kier molecular flexibility index (Phi) is 2.41. The largest absolute Gasteiger partial charge is 0.379 e. The quantitative estimate of drug-likeness (QED) is 0.612. The first-order valence-electron chi connectivity index (χ1n) is 4.77. The summed E-state index contributed by atoms with van der Waals surface area (Å²) in [7, 11) is 1.75. The van der Waals surface area contributed by atoms with Crippen molar-refractivity contribution in [2.24, 2.45) is 5.41 Å². The molecule has 1 aliphatic rings. The van der Waals surface area contributed by atoms with Gasteiger partial charge in [0.05, 0.1) is 0 Å². The van der Waals surface area contributed by atoms with E-state index in [1.54, 1.807) is 11.9 Å². The zero-order valence-corrected chi connectivity index (χ0v) is 8.92. The molecule has 0 saturated carbocycles. The van der Waals surface area contributed by atoms with Gasteiger partial charge >= 0.3 is 0 Å². The van der Waals surface area contributed by atoms with Crippen LogP contribution in [0.4, 0.5) is 0 Å². The van der Waals surface area contributed by atoms with Gasteiger partial charge in [0.15, 0.2) is 0 Å². The fourth-order valence-corrected chi connectivity index (χ4v) is 1.79. The highest BCUT2D eigenvalue weighted by Crippen LogP contribution is 2.37. The molecule has 3 heteroatoms. The van der Waals surface area contributed by atoms with Crippen molar-refractivity contribution in [3.8, 4) is 0 Å². The third kappa shape index (κ3) is 1.57. The molecule has 1 aliphatic heterocycles. The Morgan fingerprint density at radius 3 is 2.38 bits per heavy atom. The maximum atomic E-state index is 11.8. The van der Waals surface area contributed by atoms with Gasteiger partial charge in [0.1, 0.15) is 5.60 Å². The highest BCUT2D eigenvalue weighted by atomic mass is 16.3. The highest BCUT2D eigenvalue weighted by molar-refractivity contribution is 5.86. The third-order valence-electron chi connectivity index (χ3n) is 2.97. The molecule has 1 saturated heterocycles. The summed E-state index contributed by atoms with van der Waals surface area (Å²) >= 11 is 0. The number of likely N-dealkylation sites (tertiary alicyclic amines) is 1. The topological polar surface area (TPSA) is 40.5 Å². The second-order valence-electron chi connectivity index (χ2n) is 4.94. The predicted octanol–water partition coefficient (Wildman–Crippen LogP) is 1.02. The summed E-state index contributed by atoms with van der Waals surface area (Å²) in [5, 5.41) is 10.3. The summed E-state index contributed by atoms with van der Waals surface area (Å²) in [5.41, 5.74) is -1.54. The first-order valence-corrected chi connectivity index (χ1v) is 4.77. The maximum absolute atomic E-state index is 11.8. The zero-order valence-electron chi connectivity index (χ0n) is 8.92. The Morgan fingerprint density at radius 1 is 1.46 bits per heavy atom. The normalized spacial score (nSPS) is 30.8. The number of carbonyl (C=O) groups excluding carboxylic acids is 1. The zero-order chi connectivity index (χ0) is 10.3. The van der Waals surface area contributed by atoms with Gasteiger partial charge in [0.25, 0.3) is 5.91 Å².